The number of benzene rings is 1. The number of aryl methyl sites for hydroxylation is 1. The Bertz CT molecular complexity index is 770. The maximum Gasteiger partial charge on any atom is 0.308 e. The first kappa shape index (κ1) is 15.0. The van der Waals surface area contributed by atoms with Gasteiger partial charge in [-0.05, 0) is 49.4 Å². The molecule has 22 heavy (non-hydrogen) atoms. The number of thiophene rings is 1. The van der Waals surface area contributed by atoms with E-state index in [-0.39, 0.29) is 17.8 Å². The largest absolute Gasteiger partial charge is 0.481 e. The molecule has 1 aliphatic rings. The Hall–Kier alpha value is -1.95. The number of hydrogen-bond donors (Lipinski definition) is 1. The standard InChI is InChI=1S/C16H16FNO3S/c1-8-12-7-10(17)3-4-13(12)22-14(8)15(19)18-6-5-11(9(18)2)16(20)21/h3-4,7,9,11H,5-6H2,1-2H3,(H,20,21). The van der Waals surface area contributed by atoms with Crippen molar-refractivity contribution in [3.8, 4) is 0 Å². The third kappa shape index (κ3) is 2.27. The van der Waals surface area contributed by atoms with Crippen molar-refractivity contribution in [1.29, 1.82) is 0 Å². The summed E-state index contributed by atoms with van der Waals surface area (Å²) in [5.41, 5.74) is 0.760. The normalized spacial score (nSPS) is 21.5. The van der Waals surface area contributed by atoms with Crippen molar-refractivity contribution in [3.63, 3.8) is 0 Å². The monoisotopic (exact) mass is 321 g/mol. The molecule has 2 aromatic rings. The van der Waals surface area contributed by atoms with Gasteiger partial charge in [0.05, 0.1) is 10.8 Å². The Morgan fingerprint density at radius 1 is 1.41 bits per heavy atom. The molecule has 116 valence electrons. The number of amides is 1. The molecule has 1 fully saturated rings. The van der Waals surface area contributed by atoms with Crippen LogP contribution < -0.4 is 0 Å². The topological polar surface area (TPSA) is 57.6 Å². The predicted molar refractivity (Wildman–Crippen MR) is 82.8 cm³/mol. The summed E-state index contributed by atoms with van der Waals surface area (Å²) in [6.45, 7) is 4.02. The Morgan fingerprint density at radius 2 is 2.14 bits per heavy atom. The zero-order chi connectivity index (χ0) is 16.0. The molecule has 1 aromatic carbocycles. The van der Waals surface area contributed by atoms with Crippen molar-refractivity contribution in [3.05, 3.63) is 34.5 Å². The van der Waals surface area contributed by atoms with Crippen molar-refractivity contribution >= 4 is 33.3 Å². The van der Waals surface area contributed by atoms with Crippen LogP contribution in [0, 0.1) is 18.7 Å². The minimum Gasteiger partial charge on any atom is -0.481 e. The average molecular weight is 321 g/mol. The predicted octanol–water partition coefficient (Wildman–Crippen LogP) is 3.28. The number of nitrogens with zero attached hydrogens (tertiary/aromatic N) is 1. The van der Waals surface area contributed by atoms with Crippen molar-refractivity contribution in [2.45, 2.75) is 26.3 Å². The third-order valence-electron chi connectivity index (χ3n) is 4.43. The number of likely N-dealkylation sites (tertiary alicyclic amines) is 1. The second kappa shape index (κ2) is 5.35. The van der Waals surface area contributed by atoms with Gasteiger partial charge in [-0.25, -0.2) is 4.39 Å². The van der Waals surface area contributed by atoms with Crippen molar-refractivity contribution < 1.29 is 19.1 Å². The van der Waals surface area contributed by atoms with Crippen LogP contribution >= 0.6 is 11.3 Å². The van der Waals surface area contributed by atoms with E-state index in [0.717, 1.165) is 15.6 Å². The number of hydrogen-bond acceptors (Lipinski definition) is 3. The van der Waals surface area contributed by atoms with Gasteiger partial charge in [0.2, 0.25) is 0 Å². The number of carboxylic acids is 1. The van der Waals surface area contributed by atoms with Crippen LogP contribution in [0.4, 0.5) is 4.39 Å². The average Bonchev–Trinajstić information content (AvgIpc) is 3.00. The zero-order valence-electron chi connectivity index (χ0n) is 12.3. The smallest absolute Gasteiger partial charge is 0.308 e. The molecule has 0 bridgehead atoms. The zero-order valence-corrected chi connectivity index (χ0v) is 13.1. The molecule has 1 amide bonds. The van der Waals surface area contributed by atoms with Crippen molar-refractivity contribution in [2.75, 3.05) is 6.54 Å². The first-order valence-electron chi connectivity index (χ1n) is 7.12. The number of carboxylic acid groups (broad SMARTS) is 1. The van der Waals surface area contributed by atoms with Gasteiger partial charge >= 0.3 is 5.97 Å². The summed E-state index contributed by atoms with van der Waals surface area (Å²) >= 11 is 1.33. The molecule has 0 spiro atoms. The Kier molecular flexibility index (Phi) is 3.64. The second-order valence-corrected chi connectivity index (χ2v) is 6.72. The second-order valence-electron chi connectivity index (χ2n) is 5.67. The van der Waals surface area contributed by atoms with Gasteiger partial charge in [-0.3, -0.25) is 9.59 Å². The lowest BCUT2D eigenvalue weighted by atomic mass is 10.0. The molecular formula is C16H16FNO3S. The van der Waals surface area contributed by atoms with Gasteiger partial charge in [-0.1, -0.05) is 0 Å². The summed E-state index contributed by atoms with van der Waals surface area (Å²) in [6, 6.07) is 4.16. The number of halogens is 1. The van der Waals surface area contributed by atoms with E-state index in [1.807, 2.05) is 0 Å². The van der Waals surface area contributed by atoms with Crippen molar-refractivity contribution in [1.82, 2.24) is 4.90 Å². The molecule has 1 saturated heterocycles. The number of carbonyl (C=O) groups excluding carboxylic acids is 1. The quantitative estimate of drug-likeness (QED) is 0.923. The van der Waals surface area contributed by atoms with Gasteiger partial charge in [0, 0.05) is 17.3 Å². The summed E-state index contributed by atoms with van der Waals surface area (Å²) in [5.74, 6) is -1.86. The van der Waals surface area contributed by atoms with Crippen molar-refractivity contribution in [2.24, 2.45) is 5.92 Å². The SMILES string of the molecule is Cc1c(C(=O)N2CCC(C(=O)O)C2C)sc2ccc(F)cc12. The van der Waals surface area contributed by atoms with Crippen LogP contribution in [-0.2, 0) is 4.79 Å². The van der Waals surface area contributed by atoms with Gasteiger partial charge < -0.3 is 10.0 Å². The molecule has 4 nitrogen and oxygen atoms in total. The van der Waals surface area contributed by atoms with Crippen LogP contribution in [0.5, 0.6) is 0 Å². The van der Waals surface area contributed by atoms with Gasteiger partial charge in [-0.15, -0.1) is 11.3 Å². The van der Waals surface area contributed by atoms with Crippen LogP contribution in [0.3, 0.4) is 0 Å². The molecule has 1 N–H and O–H groups in total. The summed E-state index contributed by atoms with van der Waals surface area (Å²) in [5, 5.41) is 9.92. The Balaban J connectivity index is 1.96. The molecule has 3 rings (SSSR count). The maximum absolute atomic E-state index is 13.4. The minimum atomic E-state index is -0.863. The molecule has 2 unspecified atom stereocenters. The van der Waals surface area contributed by atoms with E-state index in [4.69, 9.17) is 0 Å². The minimum absolute atomic E-state index is 0.157. The van der Waals surface area contributed by atoms with E-state index in [9.17, 15) is 19.1 Å². The lowest BCUT2D eigenvalue weighted by Crippen LogP contribution is -2.37. The van der Waals surface area contributed by atoms with Gasteiger partial charge in [-0.2, -0.15) is 0 Å². The van der Waals surface area contributed by atoms with E-state index in [1.165, 1.54) is 23.5 Å². The van der Waals surface area contributed by atoms with E-state index >= 15 is 0 Å². The highest BCUT2D eigenvalue weighted by Crippen LogP contribution is 2.34. The highest BCUT2D eigenvalue weighted by molar-refractivity contribution is 7.21. The first-order valence-corrected chi connectivity index (χ1v) is 7.94. The molecule has 0 aliphatic carbocycles. The van der Waals surface area contributed by atoms with E-state index in [1.54, 1.807) is 24.8 Å². The van der Waals surface area contributed by atoms with E-state index in [2.05, 4.69) is 0 Å². The first-order chi connectivity index (χ1) is 10.4. The van der Waals surface area contributed by atoms with Gasteiger partial charge in [0.25, 0.3) is 5.91 Å². The maximum atomic E-state index is 13.4. The van der Waals surface area contributed by atoms with Crippen LogP contribution in [0.25, 0.3) is 10.1 Å². The van der Waals surface area contributed by atoms with Crippen LogP contribution in [-0.4, -0.2) is 34.5 Å². The molecule has 6 heteroatoms. The summed E-state index contributed by atoms with van der Waals surface area (Å²) in [6.07, 6.45) is 0.473. The molecule has 1 aliphatic heterocycles. The summed E-state index contributed by atoms with van der Waals surface area (Å²) in [4.78, 5) is 26.1. The highest BCUT2D eigenvalue weighted by Gasteiger charge is 2.39. The summed E-state index contributed by atoms with van der Waals surface area (Å²) in [7, 11) is 0. The fourth-order valence-corrected chi connectivity index (χ4v) is 4.23. The van der Waals surface area contributed by atoms with Crippen LogP contribution in [0.1, 0.15) is 28.6 Å². The van der Waals surface area contributed by atoms with Gasteiger partial charge in [0.1, 0.15) is 5.82 Å². The molecule has 1 aromatic heterocycles. The molecule has 0 saturated carbocycles. The van der Waals surface area contributed by atoms with Crippen LogP contribution in [0.15, 0.2) is 18.2 Å². The fraction of sp³-hybridized carbons (Fsp3) is 0.375. The van der Waals surface area contributed by atoms with Crippen LogP contribution in [0.2, 0.25) is 0 Å². The highest BCUT2D eigenvalue weighted by atomic mass is 32.1. The van der Waals surface area contributed by atoms with E-state index in [0.29, 0.717) is 17.8 Å². The molecule has 0 radical (unpaired) electrons. The Morgan fingerprint density at radius 3 is 2.77 bits per heavy atom. The number of carbonyl (C=O) groups is 2. The summed E-state index contributed by atoms with van der Waals surface area (Å²) < 4.78 is 14.2. The number of aliphatic carboxylic acids is 1. The fourth-order valence-electron chi connectivity index (χ4n) is 3.08. The third-order valence-corrected chi connectivity index (χ3v) is 5.69. The molecule has 2 heterocycles. The molecular weight excluding hydrogens is 305 g/mol. The van der Waals surface area contributed by atoms with E-state index < -0.39 is 11.9 Å². The van der Waals surface area contributed by atoms with Gasteiger partial charge in [0.15, 0.2) is 0 Å². The number of fused-ring (bicyclic) bond motifs is 1. The molecule has 2 atom stereocenters. The lowest BCUT2D eigenvalue weighted by Gasteiger charge is -2.23. The lowest BCUT2D eigenvalue weighted by molar-refractivity contribution is -0.142. The number of rotatable bonds is 2. The Labute approximate surface area is 131 Å².